The van der Waals surface area contributed by atoms with Gasteiger partial charge >= 0.3 is 0 Å². The van der Waals surface area contributed by atoms with Gasteiger partial charge in [-0.3, -0.25) is 4.68 Å². The van der Waals surface area contributed by atoms with Crippen LogP contribution in [0, 0.1) is 0 Å². The van der Waals surface area contributed by atoms with Crippen molar-refractivity contribution in [1.82, 2.24) is 15.1 Å². The van der Waals surface area contributed by atoms with Crippen LogP contribution in [-0.2, 0) is 20.0 Å². The fourth-order valence-corrected chi connectivity index (χ4v) is 2.17. The quantitative estimate of drug-likeness (QED) is 0.681. The SMILES string of the molecule is CCCCCCC(C)NCc1cc(CC)nn1C. The maximum absolute atomic E-state index is 4.47. The second-order valence-corrected chi connectivity index (χ2v) is 5.24. The zero-order chi connectivity index (χ0) is 13.4. The first-order valence-electron chi connectivity index (χ1n) is 7.42. The molecule has 0 bridgehead atoms. The molecule has 1 aromatic heterocycles. The zero-order valence-electron chi connectivity index (χ0n) is 12.5. The second kappa shape index (κ2) is 8.30. The summed E-state index contributed by atoms with van der Waals surface area (Å²) in [6.07, 6.45) is 7.69. The van der Waals surface area contributed by atoms with Gasteiger partial charge in [0.1, 0.15) is 0 Å². The first-order valence-corrected chi connectivity index (χ1v) is 7.42. The van der Waals surface area contributed by atoms with Crippen LogP contribution in [0.25, 0.3) is 0 Å². The number of aromatic nitrogens is 2. The molecule has 3 nitrogen and oxygen atoms in total. The van der Waals surface area contributed by atoms with E-state index in [1.807, 2.05) is 11.7 Å². The number of hydrogen-bond acceptors (Lipinski definition) is 2. The van der Waals surface area contributed by atoms with Gasteiger partial charge < -0.3 is 5.32 Å². The van der Waals surface area contributed by atoms with Gasteiger partial charge in [0.15, 0.2) is 0 Å². The van der Waals surface area contributed by atoms with Crippen molar-refractivity contribution in [3.8, 4) is 0 Å². The van der Waals surface area contributed by atoms with Gasteiger partial charge in [-0.1, -0.05) is 39.5 Å². The van der Waals surface area contributed by atoms with E-state index < -0.39 is 0 Å². The Hall–Kier alpha value is -0.830. The van der Waals surface area contributed by atoms with Crippen molar-refractivity contribution in [3.63, 3.8) is 0 Å². The van der Waals surface area contributed by atoms with E-state index in [1.54, 1.807) is 0 Å². The lowest BCUT2D eigenvalue weighted by Crippen LogP contribution is -2.26. The molecule has 0 saturated carbocycles. The predicted octanol–water partition coefficient (Wildman–Crippen LogP) is 3.43. The molecule has 1 N–H and O–H groups in total. The lowest BCUT2D eigenvalue weighted by atomic mass is 10.1. The summed E-state index contributed by atoms with van der Waals surface area (Å²) >= 11 is 0. The Morgan fingerprint density at radius 2 is 2.06 bits per heavy atom. The molecule has 1 atom stereocenters. The molecule has 3 heteroatoms. The van der Waals surface area contributed by atoms with E-state index in [0.717, 1.165) is 13.0 Å². The second-order valence-electron chi connectivity index (χ2n) is 5.24. The maximum Gasteiger partial charge on any atom is 0.0625 e. The molecule has 1 rings (SSSR count). The number of aryl methyl sites for hydroxylation is 2. The number of rotatable bonds is 9. The molecule has 0 aromatic carbocycles. The molecule has 0 saturated heterocycles. The Bertz CT molecular complexity index is 330. The average molecular weight is 251 g/mol. The molecule has 0 aliphatic rings. The van der Waals surface area contributed by atoms with Crippen molar-refractivity contribution in [3.05, 3.63) is 17.5 Å². The van der Waals surface area contributed by atoms with Crippen molar-refractivity contribution in [2.75, 3.05) is 0 Å². The number of unbranched alkanes of at least 4 members (excludes halogenated alkanes) is 3. The topological polar surface area (TPSA) is 29.9 Å². The van der Waals surface area contributed by atoms with Crippen molar-refractivity contribution in [1.29, 1.82) is 0 Å². The fraction of sp³-hybridized carbons (Fsp3) is 0.800. The molecule has 18 heavy (non-hydrogen) atoms. The number of hydrogen-bond donors (Lipinski definition) is 1. The minimum Gasteiger partial charge on any atom is -0.309 e. The van der Waals surface area contributed by atoms with Gasteiger partial charge in [0.05, 0.1) is 11.4 Å². The lowest BCUT2D eigenvalue weighted by Gasteiger charge is -2.13. The third-order valence-electron chi connectivity index (χ3n) is 3.51. The molecular weight excluding hydrogens is 222 g/mol. The summed E-state index contributed by atoms with van der Waals surface area (Å²) in [6.45, 7) is 7.62. The van der Waals surface area contributed by atoms with E-state index in [-0.39, 0.29) is 0 Å². The Labute approximate surface area is 112 Å². The summed E-state index contributed by atoms with van der Waals surface area (Å²) in [4.78, 5) is 0. The van der Waals surface area contributed by atoms with Crippen LogP contribution >= 0.6 is 0 Å². The van der Waals surface area contributed by atoms with Crippen molar-refractivity contribution in [2.45, 2.75) is 71.9 Å². The van der Waals surface area contributed by atoms with Crippen LogP contribution < -0.4 is 5.32 Å². The number of nitrogens with zero attached hydrogens (tertiary/aromatic N) is 2. The minimum atomic E-state index is 0.599. The molecule has 1 unspecified atom stereocenters. The van der Waals surface area contributed by atoms with Crippen molar-refractivity contribution >= 4 is 0 Å². The van der Waals surface area contributed by atoms with Crippen LogP contribution in [0.3, 0.4) is 0 Å². The van der Waals surface area contributed by atoms with Gasteiger partial charge in [-0.15, -0.1) is 0 Å². The Morgan fingerprint density at radius 1 is 1.28 bits per heavy atom. The van der Waals surface area contributed by atoms with E-state index in [9.17, 15) is 0 Å². The number of nitrogens with one attached hydrogen (secondary N) is 1. The summed E-state index contributed by atoms with van der Waals surface area (Å²) in [5, 5.41) is 8.06. The van der Waals surface area contributed by atoms with E-state index in [2.05, 4.69) is 37.3 Å². The van der Waals surface area contributed by atoms with Crippen LogP contribution in [0.1, 0.15) is 64.3 Å². The summed E-state index contributed by atoms with van der Waals surface area (Å²) in [5.74, 6) is 0. The fourth-order valence-electron chi connectivity index (χ4n) is 2.17. The van der Waals surface area contributed by atoms with Crippen LogP contribution in [0.2, 0.25) is 0 Å². The molecule has 0 spiro atoms. The van der Waals surface area contributed by atoms with Crippen molar-refractivity contribution in [2.24, 2.45) is 7.05 Å². The molecule has 0 radical (unpaired) electrons. The Morgan fingerprint density at radius 3 is 2.67 bits per heavy atom. The first kappa shape index (κ1) is 15.2. The molecule has 0 aliphatic carbocycles. The predicted molar refractivity (Wildman–Crippen MR) is 77.6 cm³/mol. The van der Waals surface area contributed by atoms with Gasteiger partial charge in [-0.25, -0.2) is 0 Å². The largest absolute Gasteiger partial charge is 0.309 e. The summed E-state index contributed by atoms with van der Waals surface area (Å²) in [5.41, 5.74) is 2.47. The average Bonchev–Trinajstić information content (AvgIpc) is 2.73. The Balaban J connectivity index is 2.24. The summed E-state index contributed by atoms with van der Waals surface area (Å²) in [6, 6.07) is 2.80. The van der Waals surface area contributed by atoms with E-state index >= 15 is 0 Å². The highest BCUT2D eigenvalue weighted by Gasteiger charge is 2.06. The molecular formula is C15H29N3. The van der Waals surface area contributed by atoms with Gasteiger partial charge in [0.2, 0.25) is 0 Å². The molecule has 0 amide bonds. The van der Waals surface area contributed by atoms with Crippen LogP contribution in [-0.4, -0.2) is 15.8 Å². The van der Waals surface area contributed by atoms with Crippen LogP contribution in [0.5, 0.6) is 0 Å². The third-order valence-corrected chi connectivity index (χ3v) is 3.51. The molecule has 1 aromatic rings. The molecule has 0 fully saturated rings. The minimum absolute atomic E-state index is 0.599. The third kappa shape index (κ3) is 5.21. The summed E-state index contributed by atoms with van der Waals surface area (Å²) in [7, 11) is 2.03. The smallest absolute Gasteiger partial charge is 0.0625 e. The van der Waals surface area contributed by atoms with E-state index in [1.165, 1.54) is 43.5 Å². The maximum atomic E-state index is 4.47. The van der Waals surface area contributed by atoms with Crippen LogP contribution in [0.4, 0.5) is 0 Å². The highest BCUT2D eigenvalue weighted by Crippen LogP contribution is 2.07. The van der Waals surface area contributed by atoms with Gasteiger partial charge in [-0.05, 0) is 25.8 Å². The van der Waals surface area contributed by atoms with Crippen molar-refractivity contribution < 1.29 is 0 Å². The Kier molecular flexibility index (Phi) is 7.02. The van der Waals surface area contributed by atoms with Crippen LogP contribution in [0.15, 0.2) is 6.07 Å². The molecule has 1 heterocycles. The van der Waals surface area contributed by atoms with Gasteiger partial charge in [0, 0.05) is 19.6 Å². The molecule has 104 valence electrons. The standard InChI is InChI=1S/C15H29N3/c1-5-7-8-9-10-13(3)16-12-15-11-14(6-2)17-18(15)4/h11,13,16H,5-10,12H2,1-4H3. The monoisotopic (exact) mass is 251 g/mol. The zero-order valence-corrected chi connectivity index (χ0v) is 12.5. The van der Waals surface area contributed by atoms with E-state index in [4.69, 9.17) is 0 Å². The van der Waals surface area contributed by atoms with Gasteiger partial charge in [0.25, 0.3) is 0 Å². The summed E-state index contributed by atoms with van der Waals surface area (Å²) < 4.78 is 2.00. The highest BCUT2D eigenvalue weighted by atomic mass is 15.3. The van der Waals surface area contributed by atoms with E-state index in [0.29, 0.717) is 6.04 Å². The van der Waals surface area contributed by atoms with Gasteiger partial charge in [-0.2, -0.15) is 5.10 Å². The first-order chi connectivity index (χ1) is 8.67. The highest BCUT2D eigenvalue weighted by molar-refractivity contribution is 5.09. The lowest BCUT2D eigenvalue weighted by molar-refractivity contribution is 0.473. The molecule has 0 aliphatic heterocycles. The normalized spacial score (nSPS) is 12.9.